The van der Waals surface area contributed by atoms with Gasteiger partial charge in [-0.25, -0.2) is 0 Å². The Morgan fingerprint density at radius 3 is 2.80 bits per heavy atom. The molecule has 0 bridgehead atoms. The van der Waals surface area contributed by atoms with E-state index in [4.69, 9.17) is 11.6 Å². The molecule has 1 aromatic rings. The summed E-state index contributed by atoms with van der Waals surface area (Å²) in [5.41, 5.74) is 0. The van der Waals surface area contributed by atoms with Gasteiger partial charge in [0.25, 0.3) is 5.76 Å². The quantitative estimate of drug-likeness (QED) is 0.715. The van der Waals surface area contributed by atoms with Crippen LogP contribution < -0.4 is 0 Å². The van der Waals surface area contributed by atoms with Crippen LogP contribution in [0.2, 0.25) is 5.02 Å². The lowest BCUT2D eigenvalue weighted by Crippen LogP contribution is -1.81. The Hall–Kier alpha value is -0.290. The number of alkyl halides is 2. The molecule has 0 spiro atoms. The molecule has 0 fully saturated rings. The van der Waals surface area contributed by atoms with Crippen LogP contribution in [-0.2, 0) is 0 Å². The summed E-state index contributed by atoms with van der Waals surface area (Å²) in [6.07, 6.45) is 1.28. The maximum absolute atomic E-state index is 11.6. The maximum atomic E-state index is 11.6. The molecule has 0 amide bonds. The molecule has 0 aliphatic heterocycles. The molecule has 1 aromatic heterocycles. The van der Waals surface area contributed by atoms with E-state index in [1.165, 1.54) is 6.20 Å². The number of hydrogen-bond donors (Lipinski definition) is 1. The molecule has 0 aliphatic rings. The molecule has 10 heavy (non-hydrogen) atoms. The van der Waals surface area contributed by atoms with Gasteiger partial charge in [-0.3, -0.25) is 5.10 Å². The third-order valence-electron chi connectivity index (χ3n) is 0.768. The van der Waals surface area contributed by atoms with Gasteiger partial charge in [-0.05, 0) is 11.8 Å². The van der Waals surface area contributed by atoms with E-state index in [9.17, 15) is 8.78 Å². The van der Waals surface area contributed by atoms with Gasteiger partial charge in [0.15, 0.2) is 0 Å². The molecule has 1 heterocycles. The van der Waals surface area contributed by atoms with Gasteiger partial charge in [-0.2, -0.15) is 13.9 Å². The second-order valence-electron chi connectivity index (χ2n) is 1.43. The van der Waals surface area contributed by atoms with Crippen LogP contribution in [0, 0.1) is 0 Å². The van der Waals surface area contributed by atoms with Crippen LogP contribution >= 0.6 is 23.4 Å². The largest absolute Gasteiger partial charge is 0.290 e. The Labute approximate surface area is 65.0 Å². The second-order valence-corrected chi connectivity index (χ2v) is 2.83. The third-order valence-corrected chi connectivity index (χ3v) is 1.89. The maximum Gasteiger partial charge on any atom is 0.290 e. The van der Waals surface area contributed by atoms with E-state index in [0.717, 1.165) is 0 Å². The van der Waals surface area contributed by atoms with E-state index >= 15 is 0 Å². The first-order chi connectivity index (χ1) is 4.70. The highest BCUT2D eigenvalue weighted by Gasteiger charge is 2.09. The fourth-order valence-electron chi connectivity index (χ4n) is 0.431. The van der Waals surface area contributed by atoms with E-state index in [-0.39, 0.29) is 10.0 Å². The molecular weight excluding hydrogens is 182 g/mol. The molecule has 2 nitrogen and oxygen atoms in total. The standard InChI is InChI=1S/C4H3ClF2N2S/c5-2-1-8-9-3(2)10-4(6)7/h1,4H,(H,8,9). The molecule has 0 saturated carbocycles. The average Bonchev–Trinajstić information content (AvgIpc) is 2.15. The first-order valence-electron chi connectivity index (χ1n) is 2.34. The van der Waals surface area contributed by atoms with Crippen LogP contribution in [0.25, 0.3) is 0 Å². The van der Waals surface area contributed by atoms with Crippen molar-refractivity contribution in [3.63, 3.8) is 0 Å². The van der Waals surface area contributed by atoms with Crippen molar-refractivity contribution >= 4 is 23.4 Å². The minimum atomic E-state index is -2.46. The number of thioether (sulfide) groups is 1. The minimum Gasteiger partial charge on any atom is -0.270 e. The van der Waals surface area contributed by atoms with Crippen molar-refractivity contribution in [2.75, 3.05) is 0 Å². The first kappa shape index (κ1) is 7.81. The fourth-order valence-corrected chi connectivity index (χ4v) is 1.10. The topological polar surface area (TPSA) is 28.7 Å². The number of rotatable bonds is 2. The summed E-state index contributed by atoms with van der Waals surface area (Å²) < 4.78 is 23.3. The average molecular weight is 185 g/mol. The van der Waals surface area contributed by atoms with E-state index in [1.54, 1.807) is 0 Å². The fraction of sp³-hybridized carbons (Fsp3) is 0.250. The minimum absolute atomic E-state index is 0.205. The molecule has 6 heteroatoms. The lowest BCUT2D eigenvalue weighted by molar-refractivity contribution is 0.252. The zero-order valence-corrected chi connectivity index (χ0v) is 6.22. The Kier molecular flexibility index (Phi) is 2.50. The highest BCUT2D eigenvalue weighted by Crippen LogP contribution is 2.28. The highest BCUT2D eigenvalue weighted by molar-refractivity contribution is 7.99. The first-order valence-corrected chi connectivity index (χ1v) is 3.59. The van der Waals surface area contributed by atoms with Gasteiger partial charge in [0, 0.05) is 0 Å². The lowest BCUT2D eigenvalue weighted by atomic mass is 10.7. The summed E-state index contributed by atoms with van der Waals surface area (Å²) in [6, 6.07) is 0. The van der Waals surface area contributed by atoms with E-state index in [0.29, 0.717) is 11.8 Å². The highest BCUT2D eigenvalue weighted by atomic mass is 35.5. The summed E-state index contributed by atoms with van der Waals surface area (Å²) in [5, 5.41) is 6.23. The molecule has 0 unspecified atom stereocenters. The predicted octanol–water partition coefficient (Wildman–Crippen LogP) is 2.38. The van der Waals surface area contributed by atoms with Crippen molar-refractivity contribution in [2.45, 2.75) is 10.8 Å². The molecule has 0 atom stereocenters. The summed E-state index contributed by atoms with van der Waals surface area (Å²) in [5.74, 6) is -2.46. The Bertz CT molecular complexity index is 215. The third kappa shape index (κ3) is 1.85. The number of aromatic amines is 1. The van der Waals surface area contributed by atoms with Crippen molar-refractivity contribution in [3.05, 3.63) is 11.2 Å². The van der Waals surface area contributed by atoms with Gasteiger partial charge in [0.05, 0.1) is 11.2 Å². The van der Waals surface area contributed by atoms with Crippen molar-refractivity contribution in [3.8, 4) is 0 Å². The zero-order valence-electron chi connectivity index (χ0n) is 4.64. The molecule has 0 aromatic carbocycles. The van der Waals surface area contributed by atoms with E-state index < -0.39 is 5.76 Å². The summed E-state index contributed by atoms with van der Waals surface area (Å²) >= 11 is 5.78. The smallest absolute Gasteiger partial charge is 0.270 e. The Balaban J connectivity index is 2.65. The van der Waals surface area contributed by atoms with E-state index in [1.807, 2.05) is 0 Å². The summed E-state index contributed by atoms with van der Waals surface area (Å²) in [7, 11) is 0. The predicted molar refractivity (Wildman–Crippen MR) is 35.5 cm³/mol. The van der Waals surface area contributed by atoms with Crippen molar-refractivity contribution in [1.82, 2.24) is 10.2 Å². The number of nitrogens with zero attached hydrogens (tertiary/aromatic N) is 1. The second kappa shape index (κ2) is 3.21. The zero-order chi connectivity index (χ0) is 7.56. The molecular formula is C4H3ClF2N2S. The number of halogens is 3. The van der Waals surface area contributed by atoms with Crippen molar-refractivity contribution in [1.29, 1.82) is 0 Å². The van der Waals surface area contributed by atoms with Crippen LogP contribution in [0.1, 0.15) is 0 Å². The van der Waals surface area contributed by atoms with Gasteiger partial charge in [-0.15, -0.1) is 0 Å². The lowest BCUT2D eigenvalue weighted by Gasteiger charge is -1.93. The van der Waals surface area contributed by atoms with E-state index in [2.05, 4.69) is 10.2 Å². The van der Waals surface area contributed by atoms with Crippen LogP contribution in [0.5, 0.6) is 0 Å². The molecule has 1 N–H and O–H groups in total. The molecule has 56 valence electrons. The van der Waals surface area contributed by atoms with Crippen LogP contribution in [0.3, 0.4) is 0 Å². The van der Waals surface area contributed by atoms with Crippen LogP contribution in [-0.4, -0.2) is 16.0 Å². The van der Waals surface area contributed by atoms with Gasteiger partial charge in [0.2, 0.25) is 0 Å². The number of nitrogens with one attached hydrogen (secondary N) is 1. The number of H-pyrrole nitrogens is 1. The summed E-state index contributed by atoms with van der Waals surface area (Å²) in [4.78, 5) is 0. The van der Waals surface area contributed by atoms with Crippen LogP contribution in [0.15, 0.2) is 11.2 Å². The van der Waals surface area contributed by atoms with Crippen molar-refractivity contribution in [2.24, 2.45) is 0 Å². The normalized spacial score (nSPS) is 10.8. The Morgan fingerprint density at radius 1 is 1.70 bits per heavy atom. The monoisotopic (exact) mass is 184 g/mol. The number of hydrogen-bond acceptors (Lipinski definition) is 2. The van der Waals surface area contributed by atoms with Gasteiger partial charge >= 0.3 is 0 Å². The Morgan fingerprint density at radius 2 is 2.40 bits per heavy atom. The molecule has 0 saturated heterocycles. The van der Waals surface area contributed by atoms with Gasteiger partial charge in [-0.1, -0.05) is 11.6 Å². The molecule has 1 rings (SSSR count). The van der Waals surface area contributed by atoms with Gasteiger partial charge < -0.3 is 0 Å². The summed E-state index contributed by atoms with van der Waals surface area (Å²) in [6.45, 7) is 0. The number of aromatic nitrogens is 2. The SMILES string of the molecule is FC(F)Sc1[nH]ncc1Cl. The van der Waals surface area contributed by atoms with Crippen molar-refractivity contribution < 1.29 is 8.78 Å². The molecule has 0 aliphatic carbocycles. The van der Waals surface area contributed by atoms with Crippen LogP contribution in [0.4, 0.5) is 8.78 Å². The molecule has 0 radical (unpaired) electrons. The van der Waals surface area contributed by atoms with Gasteiger partial charge in [0.1, 0.15) is 5.03 Å².